The molecule has 4 aromatic rings. The second kappa shape index (κ2) is 5.08. The second-order valence-electron chi connectivity index (χ2n) is 6.61. The van der Waals surface area contributed by atoms with Gasteiger partial charge in [0.25, 0.3) is 5.56 Å². The van der Waals surface area contributed by atoms with Gasteiger partial charge >= 0.3 is 0 Å². The summed E-state index contributed by atoms with van der Waals surface area (Å²) < 4.78 is 9.11. The number of hydrogen-bond donors (Lipinski definition) is 0. The zero-order valence-electron chi connectivity index (χ0n) is 14.6. The molecule has 0 unspecified atom stereocenters. The minimum absolute atomic E-state index is 0.0512. The average molecular weight is 343 g/mol. The van der Waals surface area contributed by atoms with Crippen LogP contribution in [0.2, 0.25) is 0 Å². The van der Waals surface area contributed by atoms with Gasteiger partial charge in [-0.05, 0) is 23.8 Å². The van der Waals surface area contributed by atoms with E-state index in [9.17, 15) is 4.79 Å². The van der Waals surface area contributed by atoms with Gasteiger partial charge in [0, 0.05) is 29.6 Å². The Kier molecular flexibility index (Phi) is 2.92. The van der Waals surface area contributed by atoms with E-state index in [4.69, 9.17) is 9.72 Å². The lowest BCUT2D eigenvalue weighted by Crippen LogP contribution is -2.27. The van der Waals surface area contributed by atoms with Crippen LogP contribution in [0, 0.1) is 0 Å². The molecule has 0 amide bonds. The monoisotopic (exact) mass is 343 g/mol. The number of aryl methyl sites for hydroxylation is 1. The Hall–Kier alpha value is -3.34. The molecule has 1 aliphatic heterocycles. The number of allylic oxidation sites excluding steroid dienone is 1. The van der Waals surface area contributed by atoms with E-state index in [0.29, 0.717) is 29.0 Å². The van der Waals surface area contributed by atoms with Crippen LogP contribution >= 0.6 is 0 Å². The number of rotatable bonds is 1. The summed E-state index contributed by atoms with van der Waals surface area (Å²) in [5, 5.41) is 1.73. The fourth-order valence-electron chi connectivity index (χ4n) is 3.94. The van der Waals surface area contributed by atoms with Crippen molar-refractivity contribution in [2.24, 2.45) is 7.05 Å². The van der Waals surface area contributed by atoms with Crippen LogP contribution in [0.5, 0.6) is 5.75 Å². The highest BCUT2D eigenvalue weighted by molar-refractivity contribution is 6.01. The quantitative estimate of drug-likeness (QED) is 0.531. The van der Waals surface area contributed by atoms with Gasteiger partial charge in [-0.1, -0.05) is 24.8 Å². The molecule has 26 heavy (non-hydrogen) atoms. The standard InChI is InChI=1S/C21H17N3O2/c1-12-11-24-20(19-18(12)15-6-4-5-7-17(15)23(19)2)22-16-10-13(26-3)8-9-14(16)21(24)25/h4-10H,1,11H2,2-3H3. The Bertz CT molecular complexity index is 1290. The summed E-state index contributed by atoms with van der Waals surface area (Å²) in [6, 6.07) is 13.6. The van der Waals surface area contributed by atoms with Gasteiger partial charge in [0.2, 0.25) is 0 Å². The van der Waals surface area contributed by atoms with Gasteiger partial charge in [-0.25, -0.2) is 4.98 Å². The van der Waals surface area contributed by atoms with Crippen molar-refractivity contribution in [1.29, 1.82) is 0 Å². The first kappa shape index (κ1) is 15.0. The first-order valence-corrected chi connectivity index (χ1v) is 8.44. The highest BCUT2D eigenvalue weighted by atomic mass is 16.5. The molecule has 3 heterocycles. The topological polar surface area (TPSA) is 49.1 Å². The zero-order chi connectivity index (χ0) is 18.0. The number of aromatic nitrogens is 3. The minimum Gasteiger partial charge on any atom is -0.497 e. The molecule has 5 nitrogen and oxygen atoms in total. The van der Waals surface area contributed by atoms with Crippen LogP contribution in [0.4, 0.5) is 0 Å². The molecule has 0 radical (unpaired) electrons. The molecular formula is C21H17N3O2. The minimum atomic E-state index is -0.0512. The first-order valence-electron chi connectivity index (χ1n) is 8.44. The summed E-state index contributed by atoms with van der Waals surface area (Å²) in [7, 11) is 3.62. The van der Waals surface area contributed by atoms with Crippen LogP contribution in [0.15, 0.2) is 53.8 Å². The van der Waals surface area contributed by atoms with E-state index in [1.807, 2.05) is 25.2 Å². The Labute approximate surface area is 149 Å². The third-order valence-electron chi connectivity index (χ3n) is 5.18. The van der Waals surface area contributed by atoms with E-state index in [1.54, 1.807) is 23.8 Å². The third kappa shape index (κ3) is 1.80. The molecule has 2 aromatic carbocycles. The number of fused-ring (bicyclic) bond motifs is 6. The van der Waals surface area contributed by atoms with Crippen LogP contribution in [-0.4, -0.2) is 21.2 Å². The molecule has 1 aliphatic rings. The van der Waals surface area contributed by atoms with E-state index in [1.165, 1.54) is 0 Å². The molecule has 0 fully saturated rings. The second-order valence-corrected chi connectivity index (χ2v) is 6.61. The highest BCUT2D eigenvalue weighted by Crippen LogP contribution is 2.40. The van der Waals surface area contributed by atoms with Gasteiger partial charge in [-0.2, -0.15) is 0 Å². The Balaban J connectivity index is 1.95. The number of ether oxygens (including phenoxy) is 1. The van der Waals surface area contributed by atoms with Gasteiger partial charge in [-0.15, -0.1) is 0 Å². The highest BCUT2D eigenvalue weighted by Gasteiger charge is 2.28. The number of methoxy groups -OCH3 is 1. The van der Waals surface area contributed by atoms with Gasteiger partial charge in [-0.3, -0.25) is 9.36 Å². The summed E-state index contributed by atoms with van der Waals surface area (Å²) >= 11 is 0. The summed E-state index contributed by atoms with van der Waals surface area (Å²) in [6.45, 7) is 4.69. The van der Waals surface area contributed by atoms with Crippen molar-refractivity contribution >= 4 is 27.4 Å². The Morgan fingerprint density at radius 3 is 2.77 bits per heavy atom. The van der Waals surface area contributed by atoms with Crippen LogP contribution in [-0.2, 0) is 13.6 Å². The fraction of sp³-hybridized carbons (Fsp3) is 0.143. The number of hydrogen-bond acceptors (Lipinski definition) is 3. The first-order chi connectivity index (χ1) is 12.6. The lowest BCUT2D eigenvalue weighted by molar-refractivity contribution is 0.415. The summed E-state index contributed by atoms with van der Waals surface area (Å²) in [4.78, 5) is 17.9. The molecular weight excluding hydrogens is 326 g/mol. The molecule has 0 atom stereocenters. The SMILES string of the molecule is C=C1Cn2c(nc3cc(OC)ccc3c2=O)-c2c1c1ccccc1n2C. The van der Waals surface area contributed by atoms with E-state index >= 15 is 0 Å². The predicted molar refractivity (Wildman–Crippen MR) is 104 cm³/mol. The maximum atomic E-state index is 13.1. The lowest BCUT2D eigenvalue weighted by atomic mass is 9.99. The van der Waals surface area contributed by atoms with Crippen molar-refractivity contribution < 1.29 is 4.74 Å². The molecule has 0 saturated heterocycles. The smallest absolute Gasteiger partial charge is 0.262 e. The van der Waals surface area contributed by atoms with Crippen molar-refractivity contribution in [1.82, 2.24) is 14.1 Å². The molecule has 2 aromatic heterocycles. The fourth-order valence-corrected chi connectivity index (χ4v) is 3.94. The van der Waals surface area contributed by atoms with Crippen LogP contribution in [0.25, 0.3) is 38.9 Å². The van der Waals surface area contributed by atoms with Crippen LogP contribution in [0.1, 0.15) is 5.56 Å². The van der Waals surface area contributed by atoms with Crippen molar-refractivity contribution in [2.45, 2.75) is 6.54 Å². The number of para-hydroxylation sites is 1. The molecule has 0 N–H and O–H groups in total. The number of benzene rings is 2. The average Bonchev–Trinajstić information content (AvgIpc) is 2.97. The summed E-state index contributed by atoms with van der Waals surface area (Å²) in [5.74, 6) is 1.36. The van der Waals surface area contributed by atoms with E-state index in [-0.39, 0.29) is 5.56 Å². The Morgan fingerprint density at radius 2 is 1.96 bits per heavy atom. The molecule has 128 valence electrons. The van der Waals surface area contributed by atoms with Gasteiger partial charge in [0.05, 0.1) is 30.3 Å². The van der Waals surface area contributed by atoms with Crippen LogP contribution in [0.3, 0.4) is 0 Å². The molecule has 0 bridgehead atoms. The van der Waals surface area contributed by atoms with Crippen LogP contribution < -0.4 is 10.3 Å². The molecule has 0 saturated carbocycles. The summed E-state index contributed by atoms with van der Waals surface area (Å²) in [5.41, 5.74) is 4.64. The Morgan fingerprint density at radius 1 is 1.15 bits per heavy atom. The molecule has 0 aliphatic carbocycles. The largest absolute Gasteiger partial charge is 0.497 e. The maximum Gasteiger partial charge on any atom is 0.262 e. The van der Waals surface area contributed by atoms with E-state index in [0.717, 1.165) is 27.7 Å². The maximum absolute atomic E-state index is 13.1. The van der Waals surface area contributed by atoms with Gasteiger partial charge in [0.1, 0.15) is 5.75 Å². The zero-order valence-corrected chi connectivity index (χ0v) is 14.6. The van der Waals surface area contributed by atoms with E-state index in [2.05, 4.69) is 23.3 Å². The van der Waals surface area contributed by atoms with Gasteiger partial charge < -0.3 is 9.30 Å². The number of nitrogens with zero attached hydrogens (tertiary/aromatic N) is 3. The van der Waals surface area contributed by atoms with Crippen molar-refractivity contribution in [3.63, 3.8) is 0 Å². The van der Waals surface area contributed by atoms with Crippen molar-refractivity contribution in [3.8, 4) is 17.3 Å². The van der Waals surface area contributed by atoms with Crippen molar-refractivity contribution in [3.05, 3.63) is 65.0 Å². The molecule has 5 heteroatoms. The lowest BCUT2D eigenvalue weighted by Gasteiger charge is -2.22. The summed E-state index contributed by atoms with van der Waals surface area (Å²) in [6.07, 6.45) is 0. The molecule has 5 rings (SSSR count). The van der Waals surface area contributed by atoms with E-state index < -0.39 is 0 Å². The van der Waals surface area contributed by atoms with Crippen molar-refractivity contribution in [2.75, 3.05) is 7.11 Å². The van der Waals surface area contributed by atoms with Gasteiger partial charge in [0.15, 0.2) is 5.82 Å². The predicted octanol–water partition coefficient (Wildman–Crippen LogP) is 3.59. The normalized spacial score (nSPS) is 13.1. The molecule has 0 spiro atoms. The third-order valence-corrected chi connectivity index (χ3v) is 5.18.